The van der Waals surface area contributed by atoms with E-state index in [1.165, 1.54) is 0 Å². The first-order valence-electron chi connectivity index (χ1n) is 6.08. The predicted octanol–water partition coefficient (Wildman–Crippen LogP) is 1.46. The van der Waals surface area contributed by atoms with Crippen molar-refractivity contribution in [1.82, 2.24) is 10.4 Å². The lowest BCUT2D eigenvalue weighted by Crippen LogP contribution is -2.37. The Morgan fingerprint density at radius 3 is 2.32 bits per heavy atom. The van der Waals surface area contributed by atoms with Gasteiger partial charge in [-0.3, -0.25) is 10.2 Å². The Labute approximate surface area is 114 Å². The number of hydrogen-bond donors (Lipinski definition) is 1. The number of hydrogen-bond acceptors (Lipinski definition) is 4. The Hall–Kier alpha value is -1.75. The number of hydrazine groups is 1. The largest absolute Gasteiger partial charge is 0.496 e. The van der Waals surface area contributed by atoms with Gasteiger partial charge in [0.25, 0.3) is 0 Å². The van der Waals surface area contributed by atoms with Crippen LogP contribution in [0.2, 0.25) is 0 Å². The monoisotopic (exact) mass is 266 g/mol. The molecular weight excluding hydrogens is 244 g/mol. The van der Waals surface area contributed by atoms with E-state index in [-0.39, 0.29) is 12.3 Å². The second kappa shape index (κ2) is 6.43. The van der Waals surface area contributed by atoms with Crippen molar-refractivity contribution in [2.24, 2.45) is 0 Å². The molecule has 0 atom stereocenters. The Bertz CT molecular complexity index is 470. The van der Waals surface area contributed by atoms with Crippen molar-refractivity contribution in [3.8, 4) is 11.5 Å². The molecule has 0 heterocycles. The number of rotatable bonds is 5. The normalized spacial score (nSPS) is 10.5. The molecule has 0 saturated carbocycles. The van der Waals surface area contributed by atoms with Crippen LogP contribution in [0.1, 0.15) is 16.7 Å². The molecule has 0 aliphatic heterocycles. The lowest BCUT2D eigenvalue weighted by Gasteiger charge is -2.17. The van der Waals surface area contributed by atoms with Crippen LogP contribution >= 0.6 is 0 Å². The van der Waals surface area contributed by atoms with Gasteiger partial charge in [0.05, 0.1) is 20.6 Å². The minimum absolute atomic E-state index is 0.0893. The van der Waals surface area contributed by atoms with E-state index in [2.05, 4.69) is 5.43 Å². The van der Waals surface area contributed by atoms with Gasteiger partial charge in [0.1, 0.15) is 11.5 Å². The van der Waals surface area contributed by atoms with Gasteiger partial charge >= 0.3 is 0 Å². The molecule has 5 heteroatoms. The third kappa shape index (κ3) is 3.61. The van der Waals surface area contributed by atoms with Crippen molar-refractivity contribution in [3.05, 3.63) is 22.8 Å². The minimum Gasteiger partial charge on any atom is -0.496 e. The van der Waals surface area contributed by atoms with Gasteiger partial charge in [-0.2, -0.15) is 0 Å². The lowest BCUT2D eigenvalue weighted by atomic mass is 10.0. The molecule has 106 valence electrons. The fraction of sp³-hybridized carbons (Fsp3) is 0.500. The van der Waals surface area contributed by atoms with Crippen LogP contribution in [-0.4, -0.2) is 39.2 Å². The molecule has 0 aliphatic rings. The summed E-state index contributed by atoms with van der Waals surface area (Å²) in [5.74, 6) is 1.42. The molecule has 0 radical (unpaired) electrons. The number of carbonyl (C=O) groups excluding carboxylic acids is 1. The summed E-state index contributed by atoms with van der Waals surface area (Å²) in [7, 11) is 6.78. The van der Waals surface area contributed by atoms with Crippen LogP contribution in [0, 0.1) is 13.8 Å². The SMILES string of the molecule is COc1cc(CC(=O)NN(C)C)c(OC)c(C)c1C. The van der Waals surface area contributed by atoms with E-state index in [0.717, 1.165) is 28.2 Å². The molecule has 19 heavy (non-hydrogen) atoms. The van der Waals surface area contributed by atoms with Crippen molar-refractivity contribution in [1.29, 1.82) is 0 Å². The average molecular weight is 266 g/mol. The van der Waals surface area contributed by atoms with E-state index >= 15 is 0 Å². The number of ether oxygens (including phenoxy) is 2. The first kappa shape index (κ1) is 15.3. The molecule has 0 fully saturated rings. The highest BCUT2D eigenvalue weighted by atomic mass is 16.5. The highest BCUT2D eigenvalue weighted by Gasteiger charge is 2.16. The van der Waals surface area contributed by atoms with Gasteiger partial charge in [-0.25, -0.2) is 5.01 Å². The molecule has 1 aromatic carbocycles. The van der Waals surface area contributed by atoms with Crippen LogP contribution in [0.3, 0.4) is 0 Å². The van der Waals surface area contributed by atoms with E-state index in [1.54, 1.807) is 33.3 Å². The standard InChI is InChI=1S/C14H22N2O3/c1-9-10(2)14(19-6)11(7-12(9)18-5)8-13(17)15-16(3)4/h7H,8H2,1-6H3,(H,15,17). The Morgan fingerprint density at radius 2 is 1.84 bits per heavy atom. The van der Waals surface area contributed by atoms with Gasteiger partial charge in [0.2, 0.25) is 5.91 Å². The van der Waals surface area contributed by atoms with E-state index in [9.17, 15) is 4.79 Å². The van der Waals surface area contributed by atoms with Crippen molar-refractivity contribution < 1.29 is 14.3 Å². The summed E-state index contributed by atoms with van der Waals surface area (Å²) >= 11 is 0. The van der Waals surface area contributed by atoms with Gasteiger partial charge in [-0.05, 0) is 31.0 Å². The minimum atomic E-state index is -0.0893. The van der Waals surface area contributed by atoms with Crippen molar-refractivity contribution in [3.63, 3.8) is 0 Å². The molecular formula is C14H22N2O3. The summed E-state index contributed by atoms with van der Waals surface area (Å²) < 4.78 is 10.7. The van der Waals surface area contributed by atoms with Gasteiger partial charge in [-0.15, -0.1) is 0 Å². The maximum absolute atomic E-state index is 11.8. The fourth-order valence-corrected chi connectivity index (χ4v) is 2.02. The molecule has 1 N–H and O–H groups in total. The highest BCUT2D eigenvalue weighted by molar-refractivity contribution is 5.79. The van der Waals surface area contributed by atoms with Gasteiger partial charge < -0.3 is 9.47 Å². The zero-order valence-corrected chi connectivity index (χ0v) is 12.5. The number of carbonyl (C=O) groups is 1. The number of amides is 1. The van der Waals surface area contributed by atoms with Crippen LogP contribution in [0.5, 0.6) is 11.5 Å². The van der Waals surface area contributed by atoms with Crippen LogP contribution in [0.15, 0.2) is 6.07 Å². The molecule has 0 spiro atoms. The predicted molar refractivity (Wildman–Crippen MR) is 74.6 cm³/mol. The zero-order chi connectivity index (χ0) is 14.6. The Kier molecular flexibility index (Phi) is 5.18. The number of nitrogens with one attached hydrogen (secondary N) is 1. The molecule has 0 aliphatic carbocycles. The topological polar surface area (TPSA) is 50.8 Å². The van der Waals surface area contributed by atoms with Crippen molar-refractivity contribution in [2.75, 3.05) is 28.3 Å². The summed E-state index contributed by atoms with van der Waals surface area (Å²) in [6.07, 6.45) is 0.249. The van der Waals surface area contributed by atoms with Crippen molar-refractivity contribution in [2.45, 2.75) is 20.3 Å². The van der Waals surface area contributed by atoms with Crippen molar-refractivity contribution >= 4 is 5.91 Å². The third-order valence-electron chi connectivity index (χ3n) is 2.99. The average Bonchev–Trinajstić information content (AvgIpc) is 2.33. The molecule has 0 unspecified atom stereocenters. The smallest absolute Gasteiger partial charge is 0.238 e. The summed E-state index contributed by atoms with van der Waals surface area (Å²) in [5, 5.41) is 1.62. The van der Waals surface area contributed by atoms with Crippen LogP contribution in [0.4, 0.5) is 0 Å². The summed E-state index contributed by atoms with van der Waals surface area (Å²) in [6, 6.07) is 1.86. The van der Waals surface area contributed by atoms with E-state index in [4.69, 9.17) is 9.47 Å². The van der Waals surface area contributed by atoms with Crippen LogP contribution in [-0.2, 0) is 11.2 Å². The van der Waals surface area contributed by atoms with Gasteiger partial charge in [-0.1, -0.05) is 0 Å². The summed E-state index contributed by atoms with van der Waals surface area (Å²) in [4.78, 5) is 11.8. The number of nitrogens with zero attached hydrogens (tertiary/aromatic N) is 1. The molecule has 5 nitrogen and oxygen atoms in total. The molecule has 1 amide bonds. The van der Waals surface area contributed by atoms with Gasteiger partial charge in [0.15, 0.2) is 0 Å². The lowest BCUT2D eigenvalue weighted by molar-refractivity contribution is -0.124. The fourth-order valence-electron chi connectivity index (χ4n) is 2.02. The molecule has 0 bridgehead atoms. The second-order valence-corrected chi connectivity index (χ2v) is 4.63. The third-order valence-corrected chi connectivity index (χ3v) is 2.99. The maximum Gasteiger partial charge on any atom is 0.238 e. The van der Waals surface area contributed by atoms with Gasteiger partial charge in [0, 0.05) is 19.7 Å². The van der Waals surface area contributed by atoms with E-state index < -0.39 is 0 Å². The highest BCUT2D eigenvalue weighted by Crippen LogP contribution is 2.33. The van der Waals surface area contributed by atoms with E-state index in [1.807, 2.05) is 19.9 Å². The molecule has 1 aromatic rings. The number of benzene rings is 1. The second-order valence-electron chi connectivity index (χ2n) is 4.63. The van der Waals surface area contributed by atoms with Crippen LogP contribution in [0.25, 0.3) is 0 Å². The molecule has 0 saturated heterocycles. The first-order chi connectivity index (χ1) is 8.90. The quantitative estimate of drug-likeness (QED) is 0.820. The summed E-state index contributed by atoms with van der Waals surface area (Å²) in [6.45, 7) is 3.93. The first-order valence-corrected chi connectivity index (χ1v) is 6.08. The molecule has 1 rings (SSSR count). The Morgan fingerprint density at radius 1 is 1.21 bits per heavy atom. The summed E-state index contributed by atoms with van der Waals surface area (Å²) in [5.41, 5.74) is 5.55. The number of methoxy groups -OCH3 is 2. The maximum atomic E-state index is 11.8. The zero-order valence-electron chi connectivity index (χ0n) is 12.5. The molecule has 0 aromatic heterocycles. The van der Waals surface area contributed by atoms with Crippen LogP contribution < -0.4 is 14.9 Å². The van der Waals surface area contributed by atoms with E-state index in [0.29, 0.717) is 0 Å². The Balaban J connectivity index is 3.12.